The van der Waals surface area contributed by atoms with Crippen LogP contribution in [0.15, 0.2) is 42.5 Å². The Labute approximate surface area is 203 Å². The summed E-state index contributed by atoms with van der Waals surface area (Å²) in [5.74, 6) is 2.16. The molecule has 2 aromatic rings. The van der Waals surface area contributed by atoms with E-state index in [-0.39, 0.29) is 18.2 Å². The van der Waals surface area contributed by atoms with Crippen molar-refractivity contribution in [3.05, 3.63) is 53.6 Å². The molecule has 0 bridgehead atoms. The molecule has 0 aliphatic rings. The lowest BCUT2D eigenvalue weighted by atomic mass is 10.1. The molecule has 1 atom stereocenters. The van der Waals surface area contributed by atoms with E-state index in [4.69, 9.17) is 14.2 Å². The van der Waals surface area contributed by atoms with Gasteiger partial charge in [0, 0.05) is 19.5 Å². The number of nitrogens with zero attached hydrogens (tertiary/aromatic N) is 1. The van der Waals surface area contributed by atoms with E-state index >= 15 is 0 Å². The maximum atomic E-state index is 13.4. The fourth-order valence-electron chi connectivity index (χ4n) is 3.70. The van der Waals surface area contributed by atoms with E-state index in [9.17, 15) is 9.59 Å². The molecule has 186 valence electrons. The number of carbonyl (C=O) groups is 2. The summed E-state index contributed by atoms with van der Waals surface area (Å²) in [6, 6.07) is 12.7. The number of ether oxygens (including phenoxy) is 3. The number of carbonyl (C=O) groups excluding carboxylic acids is 2. The van der Waals surface area contributed by atoms with Crippen molar-refractivity contribution in [1.82, 2.24) is 10.2 Å². The average molecular weight is 471 g/mol. The average Bonchev–Trinajstić information content (AvgIpc) is 2.85. The molecule has 0 aliphatic carbocycles. The molecule has 0 aliphatic heterocycles. The van der Waals surface area contributed by atoms with Crippen molar-refractivity contribution in [3.8, 4) is 17.2 Å². The van der Waals surface area contributed by atoms with E-state index in [1.165, 1.54) is 0 Å². The van der Waals surface area contributed by atoms with Crippen molar-refractivity contribution in [2.24, 2.45) is 5.92 Å². The molecular weight excluding hydrogens is 432 g/mol. The van der Waals surface area contributed by atoms with Gasteiger partial charge in [-0.05, 0) is 54.2 Å². The van der Waals surface area contributed by atoms with Crippen LogP contribution in [0.4, 0.5) is 0 Å². The fourth-order valence-corrected chi connectivity index (χ4v) is 3.70. The molecule has 0 unspecified atom stereocenters. The summed E-state index contributed by atoms with van der Waals surface area (Å²) in [4.78, 5) is 28.1. The first-order valence-corrected chi connectivity index (χ1v) is 11.7. The Kier molecular flexibility index (Phi) is 10.7. The first kappa shape index (κ1) is 27.0. The van der Waals surface area contributed by atoms with Gasteiger partial charge in [-0.15, -0.1) is 0 Å². The lowest BCUT2D eigenvalue weighted by Crippen LogP contribution is -2.49. The highest BCUT2D eigenvalue weighted by Crippen LogP contribution is 2.28. The standard InChI is InChI=1S/C27H38N2O5/c1-7-23(27(31)28-17-19(2)3)29(18-21-8-12-22(32-4)13-9-21)26(30)15-11-20-10-14-24(33-5)25(16-20)34-6/h8-10,12-14,16,19,23H,7,11,15,17-18H2,1-6H3,(H,28,31)/t23-/m1/s1. The number of hydrogen-bond acceptors (Lipinski definition) is 5. The Morgan fingerprint density at radius 1 is 0.912 bits per heavy atom. The molecule has 2 amide bonds. The first-order chi connectivity index (χ1) is 16.3. The number of aryl methyl sites for hydroxylation is 1. The predicted molar refractivity (Wildman–Crippen MR) is 133 cm³/mol. The van der Waals surface area contributed by atoms with Gasteiger partial charge in [0.15, 0.2) is 11.5 Å². The second kappa shape index (κ2) is 13.5. The minimum atomic E-state index is -0.543. The van der Waals surface area contributed by atoms with Gasteiger partial charge in [0.2, 0.25) is 11.8 Å². The zero-order chi connectivity index (χ0) is 25.1. The van der Waals surface area contributed by atoms with Crippen LogP contribution >= 0.6 is 0 Å². The Morgan fingerprint density at radius 2 is 1.56 bits per heavy atom. The number of benzene rings is 2. The van der Waals surface area contributed by atoms with Gasteiger partial charge in [-0.1, -0.05) is 39.0 Å². The van der Waals surface area contributed by atoms with Crippen LogP contribution in [-0.2, 0) is 22.6 Å². The van der Waals surface area contributed by atoms with Crippen molar-refractivity contribution in [2.75, 3.05) is 27.9 Å². The van der Waals surface area contributed by atoms with Crippen LogP contribution < -0.4 is 19.5 Å². The maximum Gasteiger partial charge on any atom is 0.242 e. The van der Waals surface area contributed by atoms with Crippen LogP contribution in [0.25, 0.3) is 0 Å². The lowest BCUT2D eigenvalue weighted by molar-refractivity contribution is -0.141. The zero-order valence-electron chi connectivity index (χ0n) is 21.2. The van der Waals surface area contributed by atoms with Crippen LogP contribution in [0, 0.1) is 5.92 Å². The van der Waals surface area contributed by atoms with Crippen molar-refractivity contribution in [3.63, 3.8) is 0 Å². The van der Waals surface area contributed by atoms with Crippen molar-refractivity contribution >= 4 is 11.8 Å². The van der Waals surface area contributed by atoms with Crippen LogP contribution in [-0.4, -0.2) is 50.6 Å². The van der Waals surface area contributed by atoms with Gasteiger partial charge < -0.3 is 24.4 Å². The minimum absolute atomic E-state index is 0.0721. The quantitative estimate of drug-likeness (QED) is 0.474. The number of rotatable bonds is 13. The van der Waals surface area contributed by atoms with E-state index in [0.29, 0.717) is 43.3 Å². The second-order valence-corrected chi connectivity index (χ2v) is 8.62. The zero-order valence-corrected chi connectivity index (χ0v) is 21.2. The molecule has 0 fully saturated rings. The summed E-state index contributed by atoms with van der Waals surface area (Å²) in [7, 11) is 4.80. The molecule has 7 heteroatoms. The Bertz CT molecular complexity index is 927. The molecule has 1 N–H and O–H groups in total. The van der Waals surface area contributed by atoms with Gasteiger partial charge in [0.25, 0.3) is 0 Å². The van der Waals surface area contributed by atoms with Crippen LogP contribution in [0.1, 0.15) is 44.7 Å². The van der Waals surface area contributed by atoms with Crippen molar-refractivity contribution < 1.29 is 23.8 Å². The van der Waals surface area contributed by atoms with E-state index < -0.39 is 6.04 Å². The van der Waals surface area contributed by atoms with E-state index in [2.05, 4.69) is 5.32 Å². The topological polar surface area (TPSA) is 77.1 Å². The molecule has 0 saturated carbocycles. The summed E-state index contributed by atoms with van der Waals surface area (Å²) in [6.07, 6.45) is 1.34. The van der Waals surface area contributed by atoms with Crippen LogP contribution in [0.5, 0.6) is 17.2 Å². The summed E-state index contributed by atoms with van der Waals surface area (Å²) in [5.41, 5.74) is 1.91. The maximum absolute atomic E-state index is 13.4. The largest absolute Gasteiger partial charge is 0.497 e. The Hall–Kier alpha value is -3.22. The normalized spacial score (nSPS) is 11.6. The van der Waals surface area contributed by atoms with E-state index in [1.54, 1.807) is 26.2 Å². The van der Waals surface area contributed by atoms with Crippen molar-refractivity contribution in [1.29, 1.82) is 0 Å². The molecule has 7 nitrogen and oxygen atoms in total. The van der Waals surface area contributed by atoms with E-state index in [1.807, 2.05) is 63.2 Å². The summed E-state index contributed by atoms with van der Waals surface area (Å²) < 4.78 is 15.9. The molecule has 0 heterocycles. The molecule has 34 heavy (non-hydrogen) atoms. The molecule has 0 radical (unpaired) electrons. The molecule has 2 aromatic carbocycles. The minimum Gasteiger partial charge on any atom is -0.497 e. The van der Waals surface area contributed by atoms with Gasteiger partial charge in [0.05, 0.1) is 21.3 Å². The van der Waals surface area contributed by atoms with Gasteiger partial charge in [-0.3, -0.25) is 9.59 Å². The van der Waals surface area contributed by atoms with Gasteiger partial charge >= 0.3 is 0 Å². The highest BCUT2D eigenvalue weighted by molar-refractivity contribution is 5.87. The second-order valence-electron chi connectivity index (χ2n) is 8.62. The Balaban J connectivity index is 2.22. The van der Waals surface area contributed by atoms with Gasteiger partial charge in [-0.25, -0.2) is 0 Å². The monoisotopic (exact) mass is 470 g/mol. The predicted octanol–water partition coefficient (Wildman–Crippen LogP) is 4.22. The third kappa shape index (κ3) is 7.68. The van der Waals surface area contributed by atoms with Crippen LogP contribution in [0.3, 0.4) is 0 Å². The SMILES string of the molecule is CC[C@H](C(=O)NCC(C)C)N(Cc1ccc(OC)cc1)C(=O)CCc1ccc(OC)c(OC)c1. The smallest absolute Gasteiger partial charge is 0.242 e. The van der Waals surface area contributed by atoms with Crippen molar-refractivity contribution in [2.45, 2.75) is 52.6 Å². The summed E-state index contributed by atoms with van der Waals surface area (Å²) >= 11 is 0. The number of nitrogens with one attached hydrogen (secondary N) is 1. The first-order valence-electron chi connectivity index (χ1n) is 11.7. The summed E-state index contributed by atoms with van der Waals surface area (Å²) in [5, 5.41) is 2.99. The highest BCUT2D eigenvalue weighted by atomic mass is 16.5. The van der Waals surface area contributed by atoms with Gasteiger partial charge in [-0.2, -0.15) is 0 Å². The molecule has 0 aromatic heterocycles. The Morgan fingerprint density at radius 3 is 2.12 bits per heavy atom. The number of methoxy groups -OCH3 is 3. The lowest BCUT2D eigenvalue weighted by Gasteiger charge is -2.31. The molecular formula is C27H38N2O5. The van der Waals surface area contributed by atoms with Gasteiger partial charge in [0.1, 0.15) is 11.8 Å². The molecule has 2 rings (SSSR count). The summed E-state index contributed by atoms with van der Waals surface area (Å²) in [6.45, 7) is 6.95. The molecule has 0 saturated heterocycles. The van der Waals surface area contributed by atoms with E-state index in [0.717, 1.165) is 16.9 Å². The fraction of sp³-hybridized carbons (Fsp3) is 0.481. The van der Waals surface area contributed by atoms with Crippen LogP contribution in [0.2, 0.25) is 0 Å². The molecule has 0 spiro atoms. The number of hydrogen-bond donors (Lipinski definition) is 1. The third-order valence-electron chi connectivity index (χ3n) is 5.66. The third-order valence-corrected chi connectivity index (χ3v) is 5.66. The highest BCUT2D eigenvalue weighted by Gasteiger charge is 2.28. The number of amides is 2.